The lowest BCUT2D eigenvalue weighted by molar-refractivity contribution is -0.121. The number of rotatable bonds is 9. The maximum absolute atomic E-state index is 12.3. The predicted octanol–water partition coefficient (Wildman–Crippen LogP) is 5.18. The molecule has 1 fully saturated rings. The van der Waals surface area contributed by atoms with Gasteiger partial charge in [-0.15, -0.1) is 0 Å². The first-order chi connectivity index (χ1) is 11.5. The van der Waals surface area contributed by atoms with Crippen LogP contribution in [-0.2, 0) is 4.79 Å². The summed E-state index contributed by atoms with van der Waals surface area (Å²) in [5.74, 6) is 1.34. The Morgan fingerprint density at radius 2 is 2.25 bits per heavy atom. The van der Waals surface area contributed by atoms with Crippen molar-refractivity contribution in [3.8, 4) is 5.75 Å². The van der Waals surface area contributed by atoms with Gasteiger partial charge in [0.1, 0.15) is 5.75 Å². The highest BCUT2D eigenvalue weighted by molar-refractivity contribution is 8.77. The molecule has 0 bridgehead atoms. The maximum Gasteiger partial charge on any atom is 0.387 e. The van der Waals surface area contributed by atoms with Crippen LogP contribution in [-0.4, -0.2) is 23.5 Å². The van der Waals surface area contributed by atoms with Crippen LogP contribution in [0.2, 0.25) is 0 Å². The van der Waals surface area contributed by atoms with E-state index in [2.05, 4.69) is 10.1 Å². The van der Waals surface area contributed by atoms with Crippen LogP contribution in [0.15, 0.2) is 24.3 Å². The van der Waals surface area contributed by atoms with E-state index in [9.17, 15) is 13.6 Å². The number of hydrogen-bond acceptors (Lipinski definition) is 4. The second kappa shape index (κ2) is 10.1. The second-order valence-electron chi connectivity index (χ2n) is 5.81. The minimum absolute atomic E-state index is 0.00358. The molecule has 1 aromatic carbocycles. The summed E-state index contributed by atoms with van der Waals surface area (Å²) in [5, 5.41) is 3.66. The van der Waals surface area contributed by atoms with Gasteiger partial charge in [0, 0.05) is 17.4 Å². The van der Waals surface area contributed by atoms with Gasteiger partial charge in [0.25, 0.3) is 0 Å². The quantitative estimate of drug-likeness (QED) is 0.477. The molecule has 2 rings (SSSR count). The SMILES string of the molecule is C[C@H](NC(=O)CCCC[C@@H]1CCSS1)c1cccc(OC(F)F)c1. The monoisotopic (exact) mass is 375 g/mol. The summed E-state index contributed by atoms with van der Waals surface area (Å²) in [5.41, 5.74) is 0.751. The van der Waals surface area contributed by atoms with Crippen molar-refractivity contribution in [2.75, 3.05) is 5.75 Å². The number of carbonyl (C=O) groups is 1. The largest absolute Gasteiger partial charge is 0.435 e. The lowest BCUT2D eigenvalue weighted by Crippen LogP contribution is -2.26. The molecule has 1 heterocycles. The van der Waals surface area contributed by atoms with Crippen LogP contribution in [0.3, 0.4) is 0 Å². The third kappa shape index (κ3) is 6.89. The van der Waals surface area contributed by atoms with E-state index in [1.54, 1.807) is 12.1 Å². The Kier molecular flexibility index (Phi) is 8.18. The van der Waals surface area contributed by atoms with E-state index >= 15 is 0 Å². The molecule has 7 heteroatoms. The zero-order valence-corrected chi connectivity index (χ0v) is 15.3. The highest BCUT2D eigenvalue weighted by Gasteiger charge is 2.16. The fraction of sp³-hybridized carbons (Fsp3) is 0.588. The van der Waals surface area contributed by atoms with Crippen molar-refractivity contribution in [2.45, 2.75) is 56.9 Å². The van der Waals surface area contributed by atoms with Crippen molar-refractivity contribution < 1.29 is 18.3 Å². The van der Waals surface area contributed by atoms with Gasteiger partial charge in [0.2, 0.25) is 5.91 Å². The highest BCUT2D eigenvalue weighted by atomic mass is 33.1. The van der Waals surface area contributed by atoms with Crippen molar-refractivity contribution in [1.29, 1.82) is 0 Å². The van der Waals surface area contributed by atoms with Crippen LogP contribution in [0.4, 0.5) is 8.78 Å². The van der Waals surface area contributed by atoms with Gasteiger partial charge in [-0.1, -0.05) is 40.1 Å². The van der Waals surface area contributed by atoms with E-state index < -0.39 is 6.61 Å². The molecule has 1 N–H and O–H groups in total. The molecule has 0 aliphatic carbocycles. The summed E-state index contributed by atoms with van der Waals surface area (Å²) in [7, 11) is 3.90. The Hall–Kier alpha value is -0.950. The minimum Gasteiger partial charge on any atom is -0.435 e. The standard InChI is InChI=1S/C17H23F2NO2S2/c1-12(13-5-4-6-14(11-13)22-17(18)19)20-16(21)8-3-2-7-15-9-10-23-24-15/h4-6,11-12,15,17H,2-3,7-10H2,1H3,(H,20,21)/t12-,15+/m0/s1. The van der Waals surface area contributed by atoms with Gasteiger partial charge in [-0.2, -0.15) is 8.78 Å². The number of amides is 1. The number of unbranched alkanes of at least 4 members (excludes halogenated alkanes) is 1. The third-order valence-electron chi connectivity index (χ3n) is 3.87. The molecule has 134 valence electrons. The Labute approximate surface area is 149 Å². The number of nitrogens with one attached hydrogen (secondary N) is 1. The van der Waals surface area contributed by atoms with Crippen molar-refractivity contribution in [1.82, 2.24) is 5.32 Å². The molecule has 24 heavy (non-hydrogen) atoms. The zero-order chi connectivity index (χ0) is 17.4. The number of benzene rings is 1. The summed E-state index contributed by atoms with van der Waals surface area (Å²) in [6.07, 6.45) is 4.90. The smallest absolute Gasteiger partial charge is 0.387 e. The van der Waals surface area contributed by atoms with Gasteiger partial charge in [-0.25, -0.2) is 0 Å². The van der Waals surface area contributed by atoms with E-state index in [1.165, 1.54) is 30.7 Å². The number of carbonyl (C=O) groups excluding carboxylic acids is 1. The molecular weight excluding hydrogens is 352 g/mol. The van der Waals surface area contributed by atoms with E-state index in [1.807, 2.05) is 28.5 Å². The van der Waals surface area contributed by atoms with Crippen LogP contribution in [0.1, 0.15) is 50.6 Å². The van der Waals surface area contributed by atoms with Gasteiger partial charge >= 0.3 is 6.61 Å². The molecule has 2 atom stereocenters. The van der Waals surface area contributed by atoms with E-state index in [0.717, 1.165) is 23.7 Å². The first-order valence-electron chi connectivity index (χ1n) is 8.17. The third-order valence-corrected chi connectivity index (χ3v) is 6.87. The van der Waals surface area contributed by atoms with E-state index in [0.29, 0.717) is 6.42 Å². The number of ether oxygens (including phenoxy) is 1. The van der Waals surface area contributed by atoms with Crippen LogP contribution in [0.25, 0.3) is 0 Å². The number of halogens is 2. The predicted molar refractivity (Wildman–Crippen MR) is 96.6 cm³/mol. The van der Waals surface area contributed by atoms with Crippen LogP contribution < -0.4 is 10.1 Å². The molecule has 1 aliphatic heterocycles. The molecule has 0 unspecified atom stereocenters. The summed E-state index contributed by atoms with van der Waals surface area (Å²) in [6, 6.07) is 6.21. The molecule has 1 saturated heterocycles. The highest BCUT2D eigenvalue weighted by Crippen LogP contribution is 2.39. The average Bonchev–Trinajstić information content (AvgIpc) is 3.04. The topological polar surface area (TPSA) is 38.3 Å². The molecule has 0 spiro atoms. The maximum atomic E-state index is 12.3. The van der Waals surface area contributed by atoms with Crippen molar-refractivity contribution in [3.05, 3.63) is 29.8 Å². The Bertz CT molecular complexity index is 525. The molecule has 1 aromatic rings. The zero-order valence-electron chi connectivity index (χ0n) is 13.7. The van der Waals surface area contributed by atoms with Gasteiger partial charge in [-0.3, -0.25) is 4.79 Å². The van der Waals surface area contributed by atoms with Crippen molar-refractivity contribution in [2.24, 2.45) is 0 Å². The number of alkyl halides is 2. The Morgan fingerprint density at radius 1 is 1.42 bits per heavy atom. The lowest BCUT2D eigenvalue weighted by atomic mass is 10.1. The Balaban J connectivity index is 1.70. The van der Waals surface area contributed by atoms with Crippen molar-refractivity contribution in [3.63, 3.8) is 0 Å². The van der Waals surface area contributed by atoms with E-state index in [4.69, 9.17) is 0 Å². The molecular formula is C17H23F2NO2S2. The van der Waals surface area contributed by atoms with Crippen LogP contribution in [0.5, 0.6) is 5.75 Å². The van der Waals surface area contributed by atoms with Crippen molar-refractivity contribution >= 4 is 27.5 Å². The second-order valence-corrected chi connectivity index (χ2v) is 8.60. The van der Waals surface area contributed by atoms with Gasteiger partial charge in [-0.05, 0) is 43.9 Å². The molecule has 0 saturated carbocycles. The lowest BCUT2D eigenvalue weighted by Gasteiger charge is -2.15. The van der Waals surface area contributed by atoms with Crippen LogP contribution >= 0.6 is 21.6 Å². The number of hydrogen-bond donors (Lipinski definition) is 1. The fourth-order valence-electron chi connectivity index (χ4n) is 2.58. The first-order valence-corrected chi connectivity index (χ1v) is 10.5. The minimum atomic E-state index is -2.85. The van der Waals surface area contributed by atoms with Gasteiger partial charge < -0.3 is 10.1 Å². The summed E-state index contributed by atoms with van der Waals surface area (Å²) in [6.45, 7) is -1.01. The molecule has 3 nitrogen and oxygen atoms in total. The van der Waals surface area contributed by atoms with Gasteiger partial charge in [0.05, 0.1) is 6.04 Å². The Morgan fingerprint density at radius 3 is 2.96 bits per heavy atom. The average molecular weight is 376 g/mol. The normalized spacial score (nSPS) is 18.6. The molecule has 0 aromatic heterocycles. The fourth-order valence-corrected chi connectivity index (χ4v) is 5.61. The van der Waals surface area contributed by atoms with Crippen LogP contribution in [0, 0.1) is 0 Å². The molecule has 1 aliphatic rings. The first kappa shape index (κ1) is 19.4. The molecule has 1 amide bonds. The van der Waals surface area contributed by atoms with Gasteiger partial charge in [0.15, 0.2) is 0 Å². The summed E-state index contributed by atoms with van der Waals surface area (Å²) < 4.78 is 28.9. The summed E-state index contributed by atoms with van der Waals surface area (Å²) >= 11 is 0. The molecule has 0 radical (unpaired) electrons. The van der Waals surface area contributed by atoms with E-state index in [-0.39, 0.29) is 17.7 Å². The summed E-state index contributed by atoms with van der Waals surface area (Å²) in [4.78, 5) is 12.0.